The summed E-state index contributed by atoms with van der Waals surface area (Å²) in [6.45, 7) is 2.15. The first-order chi connectivity index (χ1) is 27.8. The van der Waals surface area contributed by atoms with Gasteiger partial charge in [0, 0.05) is 38.9 Å². The van der Waals surface area contributed by atoms with Crippen LogP contribution >= 0.6 is 0 Å². The van der Waals surface area contributed by atoms with Gasteiger partial charge in [-0.25, -0.2) is 4.79 Å². The van der Waals surface area contributed by atoms with Crippen LogP contribution in [0.4, 0.5) is 0 Å². The van der Waals surface area contributed by atoms with E-state index in [9.17, 15) is 44.7 Å². The van der Waals surface area contributed by atoms with E-state index in [-0.39, 0.29) is 13.1 Å². The van der Waals surface area contributed by atoms with E-state index in [0.29, 0.717) is 6.54 Å². The van der Waals surface area contributed by atoms with E-state index in [2.05, 4.69) is 22.9 Å². The highest BCUT2D eigenvalue weighted by molar-refractivity contribution is 5.83. The normalized spacial score (nSPS) is 26.7. The van der Waals surface area contributed by atoms with Crippen molar-refractivity contribution in [2.75, 3.05) is 40.8 Å². The van der Waals surface area contributed by atoms with E-state index in [1.807, 2.05) is 4.98 Å². The van der Waals surface area contributed by atoms with Crippen LogP contribution in [-0.4, -0.2) is 160 Å². The van der Waals surface area contributed by atoms with Crippen LogP contribution < -0.4 is 32.9 Å². The molecule has 3 rings (SSSR count). The zero-order valence-corrected chi connectivity index (χ0v) is 34.7. The molecule has 2 saturated heterocycles. The van der Waals surface area contributed by atoms with Gasteiger partial charge in [0.25, 0.3) is 5.56 Å². The van der Waals surface area contributed by atoms with E-state index < -0.39 is 96.5 Å². The maximum Gasteiger partial charge on any atom is 0.330 e. The molecule has 2 fully saturated rings. The number of hydrogen-bond donors (Lipinski definition) is 10. The van der Waals surface area contributed by atoms with Gasteiger partial charge in [0.15, 0.2) is 12.5 Å². The van der Waals surface area contributed by atoms with E-state index in [1.165, 1.54) is 90.3 Å². The Balaban J connectivity index is 1.64. The summed E-state index contributed by atoms with van der Waals surface area (Å²) in [4.78, 5) is 54.6. The smallest absolute Gasteiger partial charge is 0.330 e. The zero-order chi connectivity index (χ0) is 42.8. The number of nitrogens with one attached hydrogen (secondary N) is 4. The van der Waals surface area contributed by atoms with Gasteiger partial charge in [0.05, 0.1) is 6.10 Å². The van der Waals surface area contributed by atoms with E-state index in [1.54, 1.807) is 0 Å². The molecule has 0 saturated carbocycles. The predicted molar refractivity (Wildman–Crippen MR) is 215 cm³/mol. The molecule has 1 aromatic rings. The van der Waals surface area contributed by atoms with Crippen molar-refractivity contribution in [1.82, 2.24) is 30.4 Å². The number of likely N-dealkylation sites (N-methyl/N-ethyl adjacent to an activating group) is 3. The Labute approximate surface area is 341 Å². The Kier molecular flexibility index (Phi) is 22.0. The minimum atomic E-state index is -1.82. The first-order valence-electron chi connectivity index (χ1n) is 21.1. The molecule has 0 radical (unpaired) electrons. The first kappa shape index (κ1) is 49.5. The summed E-state index contributed by atoms with van der Waals surface area (Å²) < 4.78 is 18.6. The van der Waals surface area contributed by atoms with Gasteiger partial charge in [-0.2, -0.15) is 0 Å². The number of unbranched alkanes of at least 4 members (excludes halogenated alkanes) is 13. The van der Waals surface area contributed by atoms with Crippen molar-refractivity contribution < 1.29 is 49.3 Å². The number of carbonyl (C=O) groups is 2. The van der Waals surface area contributed by atoms with E-state index in [4.69, 9.17) is 19.9 Å². The zero-order valence-electron chi connectivity index (χ0n) is 34.7. The standard InChI is InChI=1S/C39H71N7O12/c1-5-6-7-8-9-10-11-12-13-14-15-16-17-18-20-43-35(53)27(41-2)24(47)23-45(4)28(36(54)42-3)33(58-38-32(52)29(49)25(22-40)56-38)34-30(50)31(51)37(57-34)46-21-19-26(48)44-39(46)55/h19,21,24-25,27-34,37-38,41,47,49-52H,5-18,20,22-23,40H2,1-4H3,(H,42,54)(H,43,53)(H,44,48,55)/t24-,25+,27?,28-,29+,30-,31+,32+,33-,34?,37?,38?/m0/s1. The lowest BCUT2D eigenvalue weighted by Gasteiger charge is -2.39. The Morgan fingerprint density at radius 2 is 1.47 bits per heavy atom. The average molecular weight is 830 g/mol. The molecular formula is C39H71N7O12. The molecule has 2 aliphatic heterocycles. The fourth-order valence-corrected chi connectivity index (χ4v) is 7.72. The third-order valence-electron chi connectivity index (χ3n) is 11.2. The molecule has 19 nitrogen and oxygen atoms in total. The monoisotopic (exact) mass is 830 g/mol. The van der Waals surface area contributed by atoms with Gasteiger partial charge in [-0.05, 0) is 20.5 Å². The lowest BCUT2D eigenvalue weighted by Crippen LogP contribution is -2.62. The third-order valence-corrected chi connectivity index (χ3v) is 11.2. The molecule has 3 heterocycles. The predicted octanol–water partition coefficient (Wildman–Crippen LogP) is -1.46. The summed E-state index contributed by atoms with van der Waals surface area (Å²) >= 11 is 0. The number of hydrogen-bond acceptors (Lipinski definition) is 15. The molecule has 19 heteroatoms. The summed E-state index contributed by atoms with van der Waals surface area (Å²) in [5.41, 5.74) is 4.03. The number of rotatable bonds is 28. The summed E-state index contributed by atoms with van der Waals surface area (Å²) in [7, 11) is 4.30. The maximum atomic E-state index is 13.7. The fourth-order valence-electron chi connectivity index (χ4n) is 7.72. The number of aliphatic hydroxyl groups excluding tert-OH is 5. The minimum absolute atomic E-state index is 0.195. The highest BCUT2D eigenvalue weighted by Gasteiger charge is 2.54. The highest BCUT2D eigenvalue weighted by atomic mass is 16.7. The number of aromatic nitrogens is 2. The number of amides is 2. The Hall–Kier alpha value is -2.82. The Morgan fingerprint density at radius 1 is 0.879 bits per heavy atom. The van der Waals surface area contributed by atoms with Crippen LogP contribution in [0.2, 0.25) is 0 Å². The van der Waals surface area contributed by atoms with Crippen LogP contribution in [0, 0.1) is 0 Å². The van der Waals surface area contributed by atoms with Crippen LogP contribution in [0.1, 0.15) is 103 Å². The van der Waals surface area contributed by atoms with Gasteiger partial charge in [-0.15, -0.1) is 0 Å². The number of nitrogens with two attached hydrogens (primary N) is 1. The van der Waals surface area contributed by atoms with Crippen LogP contribution in [0.25, 0.3) is 0 Å². The number of nitrogens with zero attached hydrogens (tertiary/aromatic N) is 2. The van der Waals surface area contributed by atoms with Gasteiger partial charge in [-0.3, -0.25) is 28.8 Å². The Morgan fingerprint density at radius 3 is 1.98 bits per heavy atom. The minimum Gasteiger partial charge on any atom is -0.390 e. The molecule has 58 heavy (non-hydrogen) atoms. The Bertz CT molecular complexity index is 1470. The quantitative estimate of drug-likeness (QED) is 0.0432. The van der Waals surface area contributed by atoms with Crippen molar-refractivity contribution >= 4 is 11.8 Å². The lowest BCUT2D eigenvalue weighted by molar-refractivity contribution is -0.233. The fraction of sp³-hybridized carbons (Fsp3) is 0.846. The molecule has 0 aromatic carbocycles. The molecular weight excluding hydrogens is 758 g/mol. The second-order valence-electron chi connectivity index (χ2n) is 15.6. The number of H-pyrrole nitrogens is 1. The summed E-state index contributed by atoms with van der Waals surface area (Å²) in [5.74, 6) is -1.17. The van der Waals surface area contributed by atoms with Crippen LogP contribution in [0.5, 0.6) is 0 Å². The number of aliphatic hydroxyl groups is 5. The molecule has 12 atom stereocenters. The topological polar surface area (TPSA) is 283 Å². The summed E-state index contributed by atoms with van der Waals surface area (Å²) in [6, 6.07) is -1.55. The van der Waals surface area contributed by atoms with Crippen molar-refractivity contribution in [2.24, 2.45) is 5.73 Å². The summed E-state index contributed by atoms with van der Waals surface area (Å²) in [6.07, 6.45) is 2.47. The molecule has 0 bridgehead atoms. The van der Waals surface area contributed by atoms with E-state index >= 15 is 0 Å². The molecule has 11 N–H and O–H groups in total. The molecule has 2 amide bonds. The SMILES string of the molecule is CCCCCCCCCCCCCCCCNC(=O)C(NC)[C@@H](O)CN(C)[C@H](C(=O)NC)[C@H](OC1O[C@H](CN)[C@@H](O)[C@H]1O)C1OC(n2ccc(=O)[nH]c2=O)[C@H](O)[C@@H]1O. The summed E-state index contributed by atoms with van der Waals surface area (Å²) in [5, 5.41) is 63.2. The second-order valence-corrected chi connectivity index (χ2v) is 15.6. The first-order valence-corrected chi connectivity index (χ1v) is 21.1. The highest BCUT2D eigenvalue weighted by Crippen LogP contribution is 2.35. The van der Waals surface area contributed by atoms with Gasteiger partial charge < -0.3 is 61.4 Å². The van der Waals surface area contributed by atoms with Gasteiger partial charge >= 0.3 is 5.69 Å². The van der Waals surface area contributed by atoms with Gasteiger partial charge in [0.1, 0.15) is 54.8 Å². The number of ether oxygens (including phenoxy) is 3. The molecule has 0 spiro atoms. The maximum absolute atomic E-state index is 13.7. The molecule has 4 unspecified atom stereocenters. The number of aromatic amines is 1. The van der Waals surface area contributed by atoms with Gasteiger partial charge in [-0.1, -0.05) is 90.4 Å². The molecule has 0 aliphatic carbocycles. The third kappa shape index (κ3) is 14.1. The van der Waals surface area contributed by atoms with Crippen molar-refractivity contribution in [3.05, 3.63) is 33.1 Å². The average Bonchev–Trinajstić information content (AvgIpc) is 3.64. The lowest BCUT2D eigenvalue weighted by atomic mass is 9.96. The van der Waals surface area contributed by atoms with Crippen LogP contribution in [0.15, 0.2) is 21.9 Å². The van der Waals surface area contributed by atoms with E-state index in [0.717, 1.165) is 42.5 Å². The van der Waals surface area contributed by atoms with Gasteiger partial charge in [0.2, 0.25) is 11.8 Å². The van der Waals surface area contributed by atoms with Crippen molar-refractivity contribution in [3.8, 4) is 0 Å². The second kappa shape index (κ2) is 25.7. The number of carbonyl (C=O) groups excluding carboxylic acids is 2. The molecule has 334 valence electrons. The molecule has 2 aliphatic rings. The van der Waals surface area contributed by atoms with Crippen molar-refractivity contribution in [2.45, 2.75) is 170 Å². The van der Waals surface area contributed by atoms with Crippen molar-refractivity contribution in [3.63, 3.8) is 0 Å². The molecule has 1 aromatic heterocycles. The largest absolute Gasteiger partial charge is 0.390 e. The van der Waals surface area contributed by atoms with Crippen LogP contribution in [0.3, 0.4) is 0 Å². The van der Waals surface area contributed by atoms with Crippen molar-refractivity contribution in [1.29, 1.82) is 0 Å². The van der Waals surface area contributed by atoms with Crippen LogP contribution in [-0.2, 0) is 23.8 Å².